The molecular weight excluding hydrogens is 270 g/mol. The van der Waals surface area contributed by atoms with Crippen LogP contribution in [0.1, 0.15) is 13.8 Å². The molecule has 1 aromatic rings. The van der Waals surface area contributed by atoms with Gasteiger partial charge in [-0.15, -0.1) is 0 Å². The van der Waals surface area contributed by atoms with Gasteiger partial charge >= 0.3 is 12.6 Å². The molecular formula is C13H18F2N2O3. The minimum atomic E-state index is -2.88. The summed E-state index contributed by atoms with van der Waals surface area (Å²) in [4.78, 5) is 13.1. The molecule has 2 N–H and O–H groups in total. The van der Waals surface area contributed by atoms with Gasteiger partial charge in [-0.3, -0.25) is 0 Å². The number of hydrogen-bond donors (Lipinski definition) is 2. The SMILES string of the molecule is CN(CC(C)(C)O)C(=O)Nc1ccc(OC(F)F)cc1. The van der Waals surface area contributed by atoms with Crippen LogP contribution in [0.5, 0.6) is 5.75 Å². The van der Waals surface area contributed by atoms with Crippen molar-refractivity contribution in [3.8, 4) is 5.75 Å². The van der Waals surface area contributed by atoms with Gasteiger partial charge in [0.15, 0.2) is 0 Å². The maximum Gasteiger partial charge on any atom is 0.387 e. The van der Waals surface area contributed by atoms with Gasteiger partial charge in [-0.25, -0.2) is 4.79 Å². The summed E-state index contributed by atoms with van der Waals surface area (Å²) in [5.74, 6) is 0.0165. The van der Waals surface area contributed by atoms with Gasteiger partial charge in [0.25, 0.3) is 0 Å². The first-order chi connectivity index (χ1) is 9.17. The largest absolute Gasteiger partial charge is 0.435 e. The first-order valence-corrected chi connectivity index (χ1v) is 5.97. The lowest BCUT2D eigenvalue weighted by atomic mass is 10.1. The molecule has 0 radical (unpaired) electrons. The number of aliphatic hydroxyl groups is 1. The minimum Gasteiger partial charge on any atom is -0.435 e. The summed E-state index contributed by atoms with van der Waals surface area (Å²) in [6, 6.07) is 5.16. The fraction of sp³-hybridized carbons (Fsp3) is 0.462. The zero-order valence-electron chi connectivity index (χ0n) is 11.6. The topological polar surface area (TPSA) is 61.8 Å². The van der Waals surface area contributed by atoms with Gasteiger partial charge in [-0.2, -0.15) is 8.78 Å². The molecule has 112 valence electrons. The second-order valence-corrected chi connectivity index (χ2v) is 5.00. The molecule has 0 unspecified atom stereocenters. The fourth-order valence-corrected chi connectivity index (χ4v) is 1.59. The van der Waals surface area contributed by atoms with Gasteiger partial charge in [-0.1, -0.05) is 0 Å². The third-order valence-electron chi connectivity index (χ3n) is 2.30. The summed E-state index contributed by atoms with van der Waals surface area (Å²) < 4.78 is 28.1. The van der Waals surface area contributed by atoms with Crippen LogP contribution >= 0.6 is 0 Å². The van der Waals surface area contributed by atoms with Gasteiger partial charge in [-0.05, 0) is 38.1 Å². The number of halogens is 2. The Balaban J connectivity index is 2.58. The summed E-state index contributed by atoms with van der Waals surface area (Å²) in [7, 11) is 1.54. The number of rotatable bonds is 5. The van der Waals surface area contributed by atoms with Crippen molar-refractivity contribution in [2.24, 2.45) is 0 Å². The normalized spacial score (nSPS) is 11.3. The van der Waals surface area contributed by atoms with Crippen molar-refractivity contribution in [3.05, 3.63) is 24.3 Å². The maximum absolute atomic E-state index is 12.0. The maximum atomic E-state index is 12.0. The second-order valence-electron chi connectivity index (χ2n) is 5.00. The van der Waals surface area contributed by atoms with Crippen LogP contribution in [0, 0.1) is 0 Å². The number of hydrogen-bond acceptors (Lipinski definition) is 3. The highest BCUT2D eigenvalue weighted by Gasteiger charge is 2.19. The van der Waals surface area contributed by atoms with Crippen LogP contribution in [-0.2, 0) is 0 Å². The van der Waals surface area contributed by atoms with Gasteiger partial charge in [0, 0.05) is 12.7 Å². The lowest BCUT2D eigenvalue weighted by Crippen LogP contribution is -2.41. The number of anilines is 1. The van der Waals surface area contributed by atoms with Gasteiger partial charge in [0.1, 0.15) is 5.75 Å². The Morgan fingerprint density at radius 3 is 2.40 bits per heavy atom. The van der Waals surface area contributed by atoms with Crippen molar-refractivity contribution in [3.63, 3.8) is 0 Å². The third kappa shape index (κ3) is 5.83. The van der Waals surface area contributed by atoms with Crippen molar-refractivity contribution in [1.82, 2.24) is 4.90 Å². The van der Waals surface area contributed by atoms with Gasteiger partial charge < -0.3 is 20.1 Å². The lowest BCUT2D eigenvalue weighted by molar-refractivity contribution is -0.0498. The van der Waals surface area contributed by atoms with E-state index in [-0.39, 0.29) is 12.3 Å². The molecule has 0 bridgehead atoms. The first-order valence-electron chi connectivity index (χ1n) is 5.97. The highest BCUT2D eigenvalue weighted by molar-refractivity contribution is 5.89. The molecule has 0 aromatic heterocycles. The zero-order chi connectivity index (χ0) is 15.3. The Morgan fingerprint density at radius 1 is 1.40 bits per heavy atom. The van der Waals surface area contributed by atoms with Crippen molar-refractivity contribution >= 4 is 11.7 Å². The highest BCUT2D eigenvalue weighted by atomic mass is 19.3. The zero-order valence-corrected chi connectivity index (χ0v) is 11.6. The highest BCUT2D eigenvalue weighted by Crippen LogP contribution is 2.18. The van der Waals surface area contributed by atoms with Crippen LogP contribution in [0.4, 0.5) is 19.3 Å². The average molecular weight is 288 g/mol. The minimum absolute atomic E-state index is 0.0165. The van der Waals surface area contributed by atoms with Crippen molar-refractivity contribution < 1.29 is 23.4 Å². The fourth-order valence-electron chi connectivity index (χ4n) is 1.59. The van der Waals surface area contributed by atoms with E-state index < -0.39 is 18.2 Å². The van der Waals surface area contributed by atoms with Crippen LogP contribution in [0.3, 0.4) is 0 Å². The lowest BCUT2D eigenvalue weighted by Gasteiger charge is -2.25. The molecule has 0 spiro atoms. The Hall–Kier alpha value is -1.89. The molecule has 0 aliphatic rings. The number of urea groups is 1. The number of carbonyl (C=O) groups excluding carboxylic acids is 1. The molecule has 20 heavy (non-hydrogen) atoms. The number of alkyl halides is 2. The molecule has 5 nitrogen and oxygen atoms in total. The van der Waals surface area contributed by atoms with Crippen LogP contribution in [0.15, 0.2) is 24.3 Å². The molecule has 0 saturated heterocycles. The predicted molar refractivity (Wildman–Crippen MR) is 71.0 cm³/mol. The number of nitrogens with zero attached hydrogens (tertiary/aromatic N) is 1. The summed E-state index contributed by atoms with van der Waals surface area (Å²) in [6.45, 7) is 0.458. The third-order valence-corrected chi connectivity index (χ3v) is 2.30. The van der Waals surface area contributed by atoms with E-state index in [1.807, 2.05) is 0 Å². The van der Waals surface area contributed by atoms with Crippen molar-refractivity contribution in [2.75, 3.05) is 18.9 Å². The van der Waals surface area contributed by atoms with Crippen molar-refractivity contribution in [1.29, 1.82) is 0 Å². The Bertz CT molecular complexity index is 444. The second kappa shape index (κ2) is 6.51. The van der Waals surface area contributed by atoms with E-state index in [2.05, 4.69) is 10.1 Å². The van der Waals surface area contributed by atoms with E-state index >= 15 is 0 Å². The summed E-state index contributed by atoms with van der Waals surface area (Å²) >= 11 is 0. The number of nitrogens with one attached hydrogen (secondary N) is 1. The molecule has 0 aliphatic carbocycles. The number of amides is 2. The van der Waals surface area contributed by atoms with E-state index in [0.29, 0.717) is 5.69 Å². The van der Waals surface area contributed by atoms with E-state index in [9.17, 15) is 18.7 Å². The molecule has 2 amide bonds. The predicted octanol–water partition coefficient (Wildman–Crippen LogP) is 2.52. The number of carbonyl (C=O) groups is 1. The number of benzene rings is 1. The Morgan fingerprint density at radius 2 is 1.95 bits per heavy atom. The van der Waals surface area contributed by atoms with Crippen LogP contribution < -0.4 is 10.1 Å². The van der Waals surface area contributed by atoms with Gasteiger partial charge in [0.2, 0.25) is 0 Å². The smallest absolute Gasteiger partial charge is 0.387 e. The Kier molecular flexibility index (Phi) is 5.26. The summed E-state index contributed by atoms with van der Waals surface area (Å²) in [5, 5.41) is 12.2. The molecule has 0 aliphatic heterocycles. The molecule has 1 aromatic carbocycles. The van der Waals surface area contributed by atoms with Crippen LogP contribution in [0.2, 0.25) is 0 Å². The quantitative estimate of drug-likeness (QED) is 0.875. The van der Waals surface area contributed by atoms with Crippen LogP contribution in [0.25, 0.3) is 0 Å². The average Bonchev–Trinajstić information content (AvgIpc) is 2.28. The number of likely N-dealkylation sites (N-methyl/N-ethyl adjacent to an activating group) is 1. The molecule has 1 rings (SSSR count). The van der Waals surface area contributed by atoms with Crippen molar-refractivity contribution in [2.45, 2.75) is 26.1 Å². The van der Waals surface area contributed by atoms with E-state index in [1.54, 1.807) is 20.9 Å². The first kappa shape index (κ1) is 16.2. The summed E-state index contributed by atoms with van der Waals surface area (Å²) in [6.07, 6.45) is 0. The van der Waals surface area contributed by atoms with Crippen LogP contribution in [-0.4, -0.2) is 41.8 Å². The number of ether oxygens (including phenoxy) is 1. The van der Waals surface area contributed by atoms with Gasteiger partial charge in [0.05, 0.1) is 12.1 Å². The standard InChI is InChI=1S/C13H18F2N2O3/c1-13(2,19)8-17(3)12(18)16-9-4-6-10(7-5-9)20-11(14)15/h4-7,11,19H,8H2,1-3H3,(H,16,18). The van der Waals surface area contributed by atoms with E-state index in [0.717, 1.165) is 0 Å². The van der Waals surface area contributed by atoms with E-state index in [4.69, 9.17) is 0 Å². The molecule has 0 heterocycles. The summed E-state index contributed by atoms with van der Waals surface area (Å²) in [5.41, 5.74) is -0.555. The van der Waals surface area contributed by atoms with E-state index in [1.165, 1.54) is 29.2 Å². The molecule has 0 fully saturated rings. The molecule has 0 atom stereocenters. The monoisotopic (exact) mass is 288 g/mol. The molecule has 7 heteroatoms. The molecule has 0 saturated carbocycles. The Labute approximate surface area is 116 Å².